The van der Waals surface area contributed by atoms with Crippen molar-refractivity contribution in [3.05, 3.63) is 35.4 Å². The Bertz CT molecular complexity index is 376. The van der Waals surface area contributed by atoms with E-state index < -0.39 is 12.8 Å². The van der Waals surface area contributed by atoms with E-state index in [4.69, 9.17) is 0 Å². The molecule has 5 heteroatoms. The van der Waals surface area contributed by atoms with Crippen LogP contribution in [0.15, 0.2) is 24.3 Å². The van der Waals surface area contributed by atoms with Crippen molar-refractivity contribution < 1.29 is 17.9 Å². The van der Waals surface area contributed by atoms with Gasteiger partial charge in [0.1, 0.15) is 6.61 Å². The van der Waals surface area contributed by atoms with Crippen LogP contribution in [-0.4, -0.2) is 26.4 Å². The zero-order valence-corrected chi connectivity index (χ0v) is 12.0. The molecule has 0 saturated carbocycles. The second-order valence-electron chi connectivity index (χ2n) is 4.79. The van der Waals surface area contributed by atoms with Gasteiger partial charge in [0.25, 0.3) is 0 Å². The first-order chi connectivity index (χ1) is 9.46. The van der Waals surface area contributed by atoms with Gasteiger partial charge in [-0.25, -0.2) is 0 Å². The van der Waals surface area contributed by atoms with Crippen LogP contribution in [0.25, 0.3) is 0 Å². The van der Waals surface area contributed by atoms with E-state index in [1.54, 1.807) is 7.05 Å². The number of halogens is 3. The minimum atomic E-state index is -4.25. The Kier molecular flexibility index (Phi) is 7.02. The SMILES string of the molecule is CCCc1ccc(C(CCOCC(F)(F)F)NC)cc1. The third-order valence-corrected chi connectivity index (χ3v) is 3.09. The van der Waals surface area contributed by atoms with Crippen LogP contribution in [0.2, 0.25) is 0 Å². The first kappa shape index (κ1) is 17.0. The molecule has 0 bridgehead atoms. The number of hydrogen-bond donors (Lipinski definition) is 1. The topological polar surface area (TPSA) is 21.3 Å². The molecule has 0 heterocycles. The van der Waals surface area contributed by atoms with Crippen LogP contribution in [0.1, 0.15) is 36.9 Å². The molecule has 2 nitrogen and oxygen atoms in total. The summed E-state index contributed by atoms with van der Waals surface area (Å²) in [4.78, 5) is 0. The standard InChI is InChI=1S/C15H22F3NO/c1-3-4-12-5-7-13(8-6-12)14(19-2)9-10-20-11-15(16,17)18/h5-8,14,19H,3-4,9-11H2,1-2H3. The highest BCUT2D eigenvalue weighted by Gasteiger charge is 2.27. The van der Waals surface area contributed by atoms with Gasteiger partial charge in [0.15, 0.2) is 0 Å². The zero-order chi connectivity index (χ0) is 15.0. The van der Waals surface area contributed by atoms with Gasteiger partial charge in [0.2, 0.25) is 0 Å². The van der Waals surface area contributed by atoms with Crippen LogP contribution in [0.5, 0.6) is 0 Å². The molecule has 0 fully saturated rings. The molecule has 0 aliphatic rings. The molecule has 0 radical (unpaired) electrons. The second kappa shape index (κ2) is 8.27. The van der Waals surface area contributed by atoms with Gasteiger partial charge in [-0.15, -0.1) is 0 Å². The lowest BCUT2D eigenvalue weighted by atomic mass is 10.0. The Morgan fingerprint density at radius 1 is 1.20 bits per heavy atom. The summed E-state index contributed by atoms with van der Waals surface area (Å²) in [6, 6.07) is 8.20. The fourth-order valence-corrected chi connectivity index (χ4v) is 2.07. The van der Waals surface area contributed by atoms with Crippen molar-refractivity contribution in [1.29, 1.82) is 0 Å². The molecule has 20 heavy (non-hydrogen) atoms. The number of aryl methyl sites for hydroxylation is 1. The second-order valence-corrected chi connectivity index (χ2v) is 4.79. The Morgan fingerprint density at radius 2 is 1.85 bits per heavy atom. The highest BCUT2D eigenvalue weighted by Crippen LogP contribution is 2.19. The van der Waals surface area contributed by atoms with Crippen LogP contribution in [0.3, 0.4) is 0 Å². The minimum absolute atomic E-state index is 0.0129. The van der Waals surface area contributed by atoms with Gasteiger partial charge in [-0.3, -0.25) is 0 Å². The molecule has 0 aliphatic carbocycles. The number of nitrogens with one attached hydrogen (secondary N) is 1. The summed E-state index contributed by atoms with van der Waals surface area (Å²) in [7, 11) is 1.80. The zero-order valence-electron chi connectivity index (χ0n) is 12.0. The van der Waals surface area contributed by atoms with E-state index in [9.17, 15) is 13.2 Å². The molecule has 0 amide bonds. The summed E-state index contributed by atoms with van der Waals surface area (Å²) in [5.41, 5.74) is 2.35. The lowest BCUT2D eigenvalue weighted by Crippen LogP contribution is -2.21. The molecule has 0 spiro atoms. The average Bonchev–Trinajstić information content (AvgIpc) is 2.39. The Morgan fingerprint density at radius 3 is 2.35 bits per heavy atom. The van der Waals surface area contributed by atoms with E-state index in [-0.39, 0.29) is 12.6 Å². The quantitative estimate of drug-likeness (QED) is 0.734. The smallest absolute Gasteiger partial charge is 0.372 e. The molecule has 0 saturated heterocycles. The van der Waals surface area contributed by atoms with Gasteiger partial charge in [0.05, 0.1) is 0 Å². The molecule has 1 N–H and O–H groups in total. The summed E-state index contributed by atoms with van der Waals surface area (Å²) in [6.07, 6.45) is -1.60. The van der Waals surface area contributed by atoms with Gasteiger partial charge in [-0.2, -0.15) is 13.2 Å². The van der Waals surface area contributed by atoms with E-state index in [1.165, 1.54) is 5.56 Å². The molecule has 0 aromatic heterocycles. The number of rotatable bonds is 8. The van der Waals surface area contributed by atoms with Crippen molar-refractivity contribution in [1.82, 2.24) is 5.32 Å². The maximum absolute atomic E-state index is 12.0. The predicted octanol–water partition coefficient (Wildman–Crippen LogP) is 3.87. The van der Waals surface area contributed by atoms with Crippen molar-refractivity contribution in [2.75, 3.05) is 20.3 Å². The van der Waals surface area contributed by atoms with E-state index >= 15 is 0 Å². The lowest BCUT2D eigenvalue weighted by molar-refractivity contribution is -0.174. The van der Waals surface area contributed by atoms with Crippen molar-refractivity contribution in [3.8, 4) is 0 Å². The Balaban J connectivity index is 2.45. The van der Waals surface area contributed by atoms with Gasteiger partial charge in [-0.1, -0.05) is 37.6 Å². The fourth-order valence-electron chi connectivity index (χ4n) is 2.07. The average molecular weight is 289 g/mol. The van der Waals surface area contributed by atoms with Gasteiger partial charge >= 0.3 is 6.18 Å². The summed E-state index contributed by atoms with van der Waals surface area (Å²) in [5.74, 6) is 0. The summed E-state index contributed by atoms with van der Waals surface area (Å²) < 4.78 is 40.5. The normalized spacial score (nSPS) is 13.4. The van der Waals surface area contributed by atoms with Crippen molar-refractivity contribution in [2.45, 2.75) is 38.4 Å². The fraction of sp³-hybridized carbons (Fsp3) is 0.600. The van der Waals surface area contributed by atoms with Crippen molar-refractivity contribution in [2.24, 2.45) is 0 Å². The molecule has 1 atom stereocenters. The molecular formula is C15H22F3NO. The molecule has 1 unspecified atom stereocenters. The Labute approximate surface area is 118 Å². The first-order valence-corrected chi connectivity index (χ1v) is 6.87. The van der Waals surface area contributed by atoms with Crippen LogP contribution in [0, 0.1) is 0 Å². The molecule has 1 aromatic rings. The summed E-state index contributed by atoms with van der Waals surface area (Å²) >= 11 is 0. The lowest BCUT2D eigenvalue weighted by Gasteiger charge is -2.17. The first-order valence-electron chi connectivity index (χ1n) is 6.87. The number of benzene rings is 1. The van der Waals surface area contributed by atoms with E-state index in [0.717, 1.165) is 18.4 Å². The van der Waals surface area contributed by atoms with E-state index in [2.05, 4.69) is 29.1 Å². The summed E-state index contributed by atoms with van der Waals surface area (Å²) in [5, 5.41) is 3.11. The number of ether oxygens (including phenoxy) is 1. The maximum atomic E-state index is 12.0. The van der Waals surface area contributed by atoms with E-state index in [0.29, 0.717) is 6.42 Å². The van der Waals surface area contributed by atoms with Crippen LogP contribution in [0.4, 0.5) is 13.2 Å². The third-order valence-electron chi connectivity index (χ3n) is 3.09. The Hall–Kier alpha value is -1.07. The number of hydrogen-bond acceptors (Lipinski definition) is 2. The highest BCUT2D eigenvalue weighted by molar-refractivity contribution is 5.25. The van der Waals surface area contributed by atoms with Crippen LogP contribution in [-0.2, 0) is 11.2 Å². The van der Waals surface area contributed by atoms with Gasteiger partial charge in [0, 0.05) is 12.6 Å². The largest absolute Gasteiger partial charge is 0.411 e. The van der Waals surface area contributed by atoms with Crippen LogP contribution < -0.4 is 5.32 Å². The van der Waals surface area contributed by atoms with Crippen LogP contribution >= 0.6 is 0 Å². The van der Waals surface area contributed by atoms with Crippen molar-refractivity contribution >= 4 is 0 Å². The molecule has 1 rings (SSSR count). The maximum Gasteiger partial charge on any atom is 0.411 e. The summed E-state index contributed by atoms with van der Waals surface area (Å²) in [6.45, 7) is 1.03. The van der Waals surface area contributed by atoms with E-state index in [1.807, 2.05) is 12.1 Å². The molecule has 0 aliphatic heterocycles. The third kappa shape index (κ3) is 6.39. The molecule has 114 valence electrons. The molecular weight excluding hydrogens is 267 g/mol. The minimum Gasteiger partial charge on any atom is -0.372 e. The number of alkyl halides is 3. The van der Waals surface area contributed by atoms with Crippen molar-refractivity contribution in [3.63, 3.8) is 0 Å². The monoisotopic (exact) mass is 289 g/mol. The highest BCUT2D eigenvalue weighted by atomic mass is 19.4. The van der Waals surface area contributed by atoms with Gasteiger partial charge < -0.3 is 10.1 Å². The molecule has 1 aromatic carbocycles. The van der Waals surface area contributed by atoms with Gasteiger partial charge in [-0.05, 0) is 31.0 Å². The predicted molar refractivity (Wildman–Crippen MR) is 73.7 cm³/mol.